The normalized spacial score (nSPS) is 11.4. The zero-order chi connectivity index (χ0) is 15.9. The molecule has 0 aliphatic heterocycles. The summed E-state index contributed by atoms with van der Waals surface area (Å²) < 4.78 is 3.83. The average molecular weight is 313 g/mol. The Morgan fingerprint density at radius 1 is 1.33 bits per heavy atom. The minimum absolute atomic E-state index is 0.107. The van der Waals surface area contributed by atoms with Crippen LogP contribution in [-0.4, -0.2) is 33.1 Å². The van der Waals surface area contributed by atoms with E-state index in [1.165, 1.54) is 0 Å². The van der Waals surface area contributed by atoms with Gasteiger partial charge in [-0.15, -0.1) is 5.10 Å². The molecule has 0 aliphatic rings. The molecular formula is C14H23N3O3S. The first-order valence-corrected chi connectivity index (χ1v) is 7.94. The van der Waals surface area contributed by atoms with Crippen molar-refractivity contribution in [3.8, 4) is 0 Å². The van der Waals surface area contributed by atoms with Gasteiger partial charge in [-0.3, -0.25) is 9.59 Å². The number of carboxylic acids is 1. The fraction of sp³-hybridized carbons (Fsp3) is 0.714. The summed E-state index contributed by atoms with van der Waals surface area (Å²) in [5.41, 5.74) is 0.647. The lowest BCUT2D eigenvalue weighted by Gasteiger charge is -2.23. The first-order chi connectivity index (χ1) is 9.85. The largest absolute Gasteiger partial charge is 0.481 e. The Morgan fingerprint density at radius 3 is 2.67 bits per heavy atom. The van der Waals surface area contributed by atoms with Crippen molar-refractivity contribution in [2.45, 2.75) is 52.9 Å². The Hall–Kier alpha value is -1.50. The third kappa shape index (κ3) is 6.20. The van der Waals surface area contributed by atoms with Crippen LogP contribution in [0.4, 0.5) is 0 Å². The van der Waals surface area contributed by atoms with E-state index in [1.54, 1.807) is 0 Å². The maximum absolute atomic E-state index is 12.1. The van der Waals surface area contributed by atoms with Crippen LogP contribution in [0.15, 0.2) is 0 Å². The molecule has 0 bridgehead atoms. The lowest BCUT2D eigenvalue weighted by Crippen LogP contribution is -2.28. The summed E-state index contributed by atoms with van der Waals surface area (Å²) in [5, 5.41) is 15.6. The van der Waals surface area contributed by atoms with Crippen LogP contribution in [0.5, 0.6) is 0 Å². The lowest BCUT2D eigenvalue weighted by molar-refractivity contribution is -0.137. The Kier molecular flexibility index (Phi) is 6.74. The molecule has 1 amide bonds. The summed E-state index contributed by atoms with van der Waals surface area (Å²) in [5.74, 6) is -0.922. The van der Waals surface area contributed by atoms with Gasteiger partial charge in [-0.2, -0.15) is 0 Å². The number of carboxylic acid groups (broad SMARTS) is 1. The standard InChI is InChI=1S/C14H23N3O3S/c1-4-5-10-12(21-17-16-10)13(20)15-9-8-14(2,3)7-6-11(18)19/h4-9H2,1-3H3,(H,15,20)(H,18,19). The number of nitrogens with one attached hydrogen (secondary N) is 1. The van der Waals surface area contributed by atoms with Gasteiger partial charge in [-0.25, -0.2) is 0 Å². The molecule has 0 fully saturated rings. The molecule has 1 aromatic rings. The van der Waals surface area contributed by atoms with E-state index in [9.17, 15) is 9.59 Å². The van der Waals surface area contributed by atoms with E-state index in [0.29, 0.717) is 17.8 Å². The molecule has 0 aromatic carbocycles. The molecule has 0 saturated heterocycles. The molecule has 7 heteroatoms. The van der Waals surface area contributed by atoms with Gasteiger partial charge in [-0.1, -0.05) is 31.7 Å². The van der Waals surface area contributed by atoms with Crippen LogP contribution >= 0.6 is 11.5 Å². The van der Waals surface area contributed by atoms with Crippen molar-refractivity contribution < 1.29 is 14.7 Å². The highest BCUT2D eigenvalue weighted by Crippen LogP contribution is 2.26. The highest BCUT2D eigenvalue weighted by atomic mass is 32.1. The maximum Gasteiger partial charge on any atom is 0.303 e. The molecule has 0 aliphatic carbocycles. The zero-order valence-electron chi connectivity index (χ0n) is 12.8. The maximum atomic E-state index is 12.1. The smallest absolute Gasteiger partial charge is 0.303 e. The number of carbonyl (C=O) groups is 2. The SMILES string of the molecule is CCCc1nnsc1C(=O)NCCC(C)(C)CCC(=O)O. The molecule has 0 spiro atoms. The van der Waals surface area contributed by atoms with E-state index >= 15 is 0 Å². The molecule has 1 aromatic heterocycles. The van der Waals surface area contributed by atoms with E-state index in [0.717, 1.165) is 36.5 Å². The molecule has 118 valence electrons. The van der Waals surface area contributed by atoms with Crippen LogP contribution in [-0.2, 0) is 11.2 Å². The number of nitrogens with zero attached hydrogens (tertiary/aromatic N) is 2. The summed E-state index contributed by atoms with van der Waals surface area (Å²) >= 11 is 1.12. The number of rotatable bonds is 9. The second-order valence-corrected chi connectivity index (χ2v) is 6.62. The number of amides is 1. The second kappa shape index (κ2) is 8.07. The van der Waals surface area contributed by atoms with Crippen molar-refractivity contribution in [1.82, 2.24) is 14.9 Å². The van der Waals surface area contributed by atoms with Crippen molar-refractivity contribution in [2.75, 3.05) is 6.54 Å². The first-order valence-electron chi connectivity index (χ1n) is 7.17. The number of hydrogen-bond acceptors (Lipinski definition) is 5. The van der Waals surface area contributed by atoms with Gasteiger partial charge in [0.05, 0.1) is 5.69 Å². The summed E-state index contributed by atoms with van der Waals surface area (Å²) in [7, 11) is 0. The molecule has 1 heterocycles. The summed E-state index contributed by atoms with van der Waals surface area (Å²) in [4.78, 5) is 23.3. The molecule has 2 N–H and O–H groups in total. The Morgan fingerprint density at radius 2 is 2.05 bits per heavy atom. The minimum atomic E-state index is -0.785. The highest BCUT2D eigenvalue weighted by molar-refractivity contribution is 7.08. The molecule has 1 rings (SSSR count). The second-order valence-electron chi connectivity index (χ2n) is 5.86. The summed E-state index contributed by atoms with van der Waals surface area (Å²) in [6, 6.07) is 0. The summed E-state index contributed by atoms with van der Waals surface area (Å²) in [6.07, 6.45) is 3.17. The van der Waals surface area contributed by atoms with Crippen molar-refractivity contribution in [3.63, 3.8) is 0 Å². The van der Waals surface area contributed by atoms with Gasteiger partial charge >= 0.3 is 5.97 Å². The Labute approximate surface area is 129 Å². The van der Waals surface area contributed by atoms with Gasteiger partial charge in [0.25, 0.3) is 5.91 Å². The first kappa shape index (κ1) is 17.6. The summed E-state index contributed by atoms with van der Waals surface area (Å²) in [6.45, 7) is 6.58. The minimum Gasteiger partial charge on any atom is -0.481 e. The van der Waals surface area contributed by atoms with Crippen LogP contribution in [0.2, 0.25) is 0 Å². The van der Waals surface area contributed by atoms with Crippen molar-refractivity contribution >= 4 is 23.4 Å². The zero-order valence-corrected chi connectivity index (χ0v) is 13.6. The molecule has 0 atom stereocenters. The van der Waals surface area contributed by atoms with Gasteiger partial charge in [-0.05, 0) is 36.2 Å². The van der Waals surface area contributed by atoms with Crippen LogP contribution in [0.3, 0.4) is 0 Å². The van der Waals surface area contributed by atoms with Crippen LogP contribution in [0.25, 0.3) is 0 Å². The third-order valence-electron chi connectivity index (χ3n) is 3.35. The number of carbonyl (C=O) groups excluding carboxylic acids is 1. The predicted octanol–water partition coefficient (Wildman–Crippen LogP) is 2.50. The van der Waals surface area contributed by atoms with Crippen LogP contribution < -0.4 is 5.32 Å². The molecule has 0 saturated carbocycles. The topological polar surface area (TPSA) is 92.2 Å². The van der Waals surface area contributed by atoms with Crippen molar-refractivity contribution in [1.29, 1.82) is 0 Å². The van der Waals surface area contributed by atoms with E-state index in [2.05, 4.69) is 14.9 Å². The molecule has 0 radical (unpaired) electrons. The molecule has 6 nitrogen and oxygen atoms in total. The highest BCUT2D eigenvalue weighted by Gasteiger charge is 2.20. The monoisotopic (exact) mass is 313 g/mol. The fourth-order valence-electron chi connectivity index (χ4n) is 1.95. The van der Waals surface area contributed by atoms with Gasteiger partial charge in [0.15, 0.2) is 0 Å². The van der Waals surface area contributed by atoms with Crippen LogP contribution in [0, 0.1) is 5.41 Å². The van der Waals surface area contributed by atoms with Crippen LogP contribution in [0.1, 0.15) is 61.8 Å². The number of aryl methyl sites for hydroxylation is 1. The quantitative estimate of drug-likeness (QED) is 0.730. The fourth-order valence-corrected chi connectivity index (χ4v) is 2.57. The molecule has 21 heavy (non-hydrogen) atoms. The molecule has 0 unspecified atom stereocenters. The lowest BCUT2D eigenvalue weighted by atomic mass is 9.84. The van der Waals surface area contributed by atoms with Gasteiger partial charge < -0.3 is 10.4 Å². The van der Waals surface area contributed by atoms with E-state index < -0.39 is 5.97 Å². The van der Waals surface area contributed by atoms with E-state index in [1.807, 2.05) is 20.8 Å². The van der Waals surface area contributed by atoms with Gasteiger partial charge in [0, 0.05) is 13.0 Å². The molecular weight excluding hydrogens is 290 g/mol. The van der Waals surface area contributed by atoms with Gasteiger partial charge in [0.2, 0.25) is 0 Å². The van der Waals surface area contributed by atoms with Gasteiger partial charge in [0.1, 0.15) is 4.88 Å². The Bertz CT molecular complexity index is 486. The predicted molar refractivity (Wildman–Crippen MR) is 81.5 cm³/mol. The van der Waals surface area contributed by atoms with Crippen molar-refractivity contribution in [3.05, 3.63) is 10.6 Å². The number of hydrogen-bond donors (Lipinski definition) is 2. The third-order valence-corrected chi connectivity index (χ3v) is 4.12. The Balaban J connectivity index is 2.42. The number of aromatic nitrogens is 2. The van der Waals surface area contributed by atoms with E-state index in [-0.39, 0.29) is 17.7 Å². The van der Waals surface area contributed by atoms with Crippen molar-refractivity contribution in [2.24, 2.45) is 5.41 Å². The van der Waals surface area contributed by atoms with E-state index in [4.69, 9.17) is 5.11 Å². The number of aliphatic carboxylic acids is 1. The average Bonchev–Trinajstić information content (AvgIpc) is 2.85.